The Labute approximate surface area is 208 Å². The first-order chi connectivity index (χ1) is 16.7. The van der Waals surface area contributed by atoms with Gasteiger partial charge < -0.3 is 26.0 Å². The van der Waals surface area contributed by atoms with Crippen molar-refractivity contribution in [3.05, 3.63) is 22.5 Å². The molecule has 35 heavy (non-hydrogen) atoms. The number of nitrogens with zero attached hydrogens (tertiary/aromatic N) is 5. The molecule has 0 spiro atoms. The topological polar surface area (TPSA) is 147 Å². The van der Waals surface area contributed by atoms with Gasteiger partial charge in [0.05, 0.1) is 29.7 Å². The number of carbonyl (C=O) groups is 3. The van der Waals surface area contributed by atoms with Crippen LogP contribution in [-0.2, 0) is 20.8 Å². The Bertz CT molecular complexity index is 1070. The van der Waals surface area contributed by atoms with Crippen LogP contribution in [0.1, 0.15) is 45.3 Å². The number of nitrogens with two attached hydrogens (primary N) is 1. The zero-order valence-corrected chi connectivity index (χ0v) is 21.1. The third kappa shape index (κ3) is 4.05. The van der Waals surface area contributed by atoms with E-state index in [1.54, 1.807) is 4.68 Å². The van der Waals surface area contributed by atoms with Crippen LogP contribution in [-0.4, -0.2) is 90.7 Å². The van der Waals surface area contributed by atoms with Gasteiger partial charge in [0.2, 0.25) is 11.8 Å². The first kappa shape index (κ1) is 24.3. The number of aromatic nitrogens is 3. The highest BCUT2D eigenvalue weighted by Crippen LogP contribution is 2.53. The Kier molecular flexibility index (Phi) is 6.39. The van der Waals surface area contributed by atoms with E-state index >= 15 is 0 Å². The summed E-state index contributed by atoms with van der Waals surface area (Å²) in [6.07, 6.45) is 4.06. The minimum absolute atomic E-state index is 0.0385. The average Bonchev–Trinajstić information content (AvgIpc) is 3.61. The van der Waals surface area contributed by atoms with Gasteiger partial charge in [-0.1, -0.05) is 19.1 Å². The standard InChI is InChI=1S/C23H33N7O4S/c1-4-14-10-29(27-26-14)12(3)17-18-11(2)20(19(23(33)34)30(18)22(17)32)35-15-7-16(25-8-15)21(31)28-6-5-13(24)9-28/h10-13,15-18,25H,4-9,24H2,1-3H3,(H,33,34)/t11-,12-,13-,15+,16+,17-,18-/m1/s1. The maximum Gasteiger partial charge on any atom is 0.353 e. The molecular formula is C23H33N7O4S. The van der Waals surface area contributed by atoms with Gasteiger partial charge in [-0.25, -0.2) is 9.48 Å². The number of rotatable bonds is 7. The largest absolute Gasteiger partial charge is 0.477 e. The van der Waals surface area contributed by atoms with Crippen LogP contribution in [0.4, 0.5) is 0 Å². The lowest BCUT2D eigenvalue weighted by Gasteiger charge is -2.47. The summed E-state index contributed by atoms with van der Waals surface area (Å²) in [4.78, 5) is 42.3. The van der Waals surface area contributed by atoms with Gasteiger partial charge in [-0.2, -0.15) is 0 Å². The SMILES string of the molecule is CCc1cn([C@H](C)[C@H]2C(=O)N3C(C(=O)O)=C(S[C@@H]4CN[C@H](C(=O)N5CC[C@@H](N)C5)C4)[C@H](C)[C@H]23)nn1. The molecule has 190 valence electrons. The molecule has 0 bridgehead atoms. The summed E-state index contributed by atoms with van der Waals surface area (Å²) in [5, 5.41) is 21.7. The molecule has 5 heterocycles. The molecule has 7 atom stereocenters. The molecule has 12 heteroatoms. The van der Waals surface area contributed by atoms with E-state index in [0.29, 0.717) is 26.1 Å². The number of aryl methyl sites for hydroxylation is 1. The van der Waals surface area contributed by atoms with Crippen molar-refractivity contribution in [1.29, 1.82) is 0 Å². The Morgan fingerprint density at radius 3 is 2.80 bits per heavy atom. The van der Waals surface area contributed by atoms with Crippen molar-refractivity contribution in [2.45, 2.75) is 69.5 Å². The summed E-state index contributed by atoms with van der Waals surface area (Å²) in [5.41, 5.74) is 6.90. The number of hydrogen-bond donors (Lipinski definition) is 3. The van der Waals surface area contributed by atoms with Gasteiger partial charge in [0, 0.05) is 47.9 Å². The van der Waals surface area contributed by atoms with E-state index in [1.165, 1.54) is 16.7 Å². The van der Waals surface area contributed by atoms with E-state index in [1.807, 2.05) is 31.9 Å². The quantitative estimate of drug-likeness (QED) is 0.444. The van der Waals surface area contributed by atoms with Crippen LogP contribution in [0, 0.1) is 11.8 Å². The lowest BCUT2D eigenvalue weighted by Crippen LogP contribution is -2.62. The molecule has 0 saturated carbocycles. The molecule has 0 radical (unpaired) electrons. The van der Waals surface area contributed by atoms with Crippen molar-refractivity contribution >= 4 is 29.5 Å². The summed E-state index contributed by atoms with van der Waals surface area (Å²) in [5.74, 6) is -1.67. The second-order valence-electron chi connectivity index (χ2n) is 10.1. The van der Waals surface area contributed by atoms with Crippen molar-refractivity contribution in [3.63, 3.8) is 0 Å². The van der Waals surface area contributed by atoms with Gasteiger partial charge in [-0.3, -0.25) is 9.59 Å². The molecule has 0 aliphatic carbocycles. The number of hydrogen-bond acceptors (Lipinski definition) is 8. The third-order valence-electron chi connectivity index (χ3n) is 7.87. The smallest absolute Gasteiger partial charge is 0.353 e. The number of carbonyl (C=O) groups excluding carboxylic acids is 2. The normalized spacial score (nSPS) is 33.3. The highest BCUT2D eigenvalue weighted by atomic mass is 32.2. The molecule has 2 amide bonds. The van der Waals surface area contributed by atoms with Crippen LogP contribution in [0.2, 0.25) is 0 Å². The van der Waals surface area contributed by atoms with Gasteiger partial charge in [0.25, 0.3) is 0 Å². The fraction of sp³-hybridized carbons (Fsp3) is 0.696. The first-order valence-electron chi connectivity index (χ1n) is 12.4. The molecule has 11 nitrogen and oxygen atoms in total. The zero-order chi connectivity index (χ0) is 25.0. The van der Waals surface area contributed by atoms with Crippen LogP contribution in [0.15, 0.2) is 16.8 Å². The second kappa shape index (κ2) is 9.21. The number of nitrogens with one attached hydrogen (secondary N) is 1. The highest BCUT2D eigenvalue weighted by Gasteiger charge is 2.61. The molecule has 1 aromatic heterocycles. The molecule has 3 fully saturated rings. The zero-order valence-electron chi connectivity index (χ0n) is 20.3. The van der Waals surface area contributed by atoms with Crippen LogP contribution >= 0.6 is 11.8 Å². The Balaban J connectivity index is 1.29. The summed E-state index contributed by atoms with van der Waals surface area (Å²) >= 11 is 1.50. The van der Waals surface area contributed by atoms with E-state index in [2.05, 4.69) is 15.6 Å². The maximum atomic E-state index is 13.2. The van der Waals surface area contributed by atoms with Crippen LogP contribution in [0.3, 0.4) is 0 Å². The number of aliphatic carboxylic acids is 1. The van der Waals surface area contributed by atoms with Gasteiger partial charge >= 0.3 is 5.97 Å². The molecule has 0 aromatic carbocycles. The van der Waals surface area contributed by atoms with Gasteiger partial charge in [-0.15, -0.1) is 16.9 Å². The fourth-order valence-electron chi connectivity index (χ4n) is 5.89. The first-order valence-corrected chi connectivity index (χ1v) is 13.2. The number of fused-ring (bicyclic) bond motifs is 1. The predicted octanol–water partition coefficient (Wildman–Crippen LogP) is 0.198. The van der Waals surface area contributed by atoms with Crippen LogP contribution in [0.5, 0.6) is 0 Å². The van der Waals surface area contributed by atoms with E-state index in [-0.39, 0.29) is 58.8 Å². The van der Waals surface area contributed by atoms with E-state index in [0.717, 1.165) is 23.4 Å². The molecule has 1 aromatic rings. The van der Waals surface area contributed by atoms with Crippen molar-refractivity contribution in [2.24, 2.45) is 17.6 Å². The molecule has 4 aliphatic rings. The molecule has 5 rings (SSSR count). The molecular weight excluding hydrogens is 470 g/mol. The minimum atomic E-state index is -1.08. The molecule has 3 saturated heterocycles. The lowest BCUT2D eigenvalue weighted by molar-refractivity contribution is -0.159. The van der Waals surface area contributed by atoms with E-state index in [9.17, 15) is 19.5 Å². The number of β-lactam (4-membered cyclic amide) rings is 1. The summed E-state index contributed by atoms with van der Waals surface area (Å²) in [6.45, 7) is 7.82. The highest BCUT2D eigenvalue weighted by molar-refractivity contribution is 8.03. The van der Waals surface area contributed by atoms with Gasteiger partial charge in [0.15, 0.2) is 0 Å². The average molecular weight is 504 g/mol. The van der Waals surface area contributed by atoms with Gasteiger partial charge in [0.1, 0.15) is 5.70 Å². The van der Waals surface area contributed by atoms with Crippen molar-refractivity contribution < 1.29 is 19.5 Å². The number of amides is 2. The Morgan fingerprint density at radius 1 is 1.40 bits per heavy atom. The maximum absolute atomic E-state index is 13.2. The van der Waals surface area contributed by atoms with Crippen molar-refractivity contribution in [2.75, 3.05) is 19.6 Å². The molecule has 0 unspecified atom stereocenters. The van der Waals surface area contributed by atoms with Crippen molar-refractivity contribution in [3.8, 4) is 0 Å². The Hall–Kier alpha value is -2.44. The summed E-state index contributed by atoms with van der Waals surface area (Å²) < 4.78 is 1.72. The van der Waals surface area contributed by atoms with Gasteiger partial charge in [-0.05, 0) is 26.2 Å². The summed E-state index contributed by atoms with van der Waals surface area (Å²) in [6, 6.07) is -0.690. The predicted molar refractivity (Wildman–Crippen MR) is 129 cm³/mol. The third-order valence-corrected chi connectivity index (χ3v) is 9.38. The second-order valence-corrected chi connectivity index (χ2v) is 11.4. The van der Waals surface area contributed by atoms with E-state index in [4.69, 9.17) is 5.73 Å². The number of thioether (sulfide) groups is 1. The molecule has 4 N–H and O–H groups in total. The van der Waals surface area contributed by atoms with Crippen LogP contribution < -0.4 is 11.1 Å². The number of carboxylic acid groups (broad SMARTS) is 1. The monoisotopic (exact) mass is 503 g/mol. The lowest BCUT2D eigenvalue weighted by atomic mass is 9.78. The fourth-order valence-corrected chi connectivity index (χ4v) is 7.36. The number of likely N-dealkylation sites (tertiary alicyclic amines) is 1. The molecule has 4 aliphatic heterocycles. The van der Waals surface area contributed by atoms with Crippen molar-refractivity contribution in [1.82, 2.24) is 30.1 Å². The number of carboxylic acids is 1. The van der Waals surface area contributed by atoms with E-state index < -0.39 is 5.97 Å². The Morgan fingerprint density at radius 2 is 2.17 bits per heavy atom. The van der Waals surface area contributed by atoms with Crippen LogP contribution in [0.25, 0.3) is 0 Å². The minimum Gasteiger partial charge on any atom is -0.477 e. The summed E-state index contributed by atoms with van der Waals surface area (Å²) in [7, 11) is 0.